The lowest BCUT2D eigenvalue weighted by Gasteiger charge is -2.32. The van der Waals surface area contributed by atoms with Crippen LogP contribution in [-0.4, -0.2) is 49.3 Å². The van der Waals surface area contributed by atoms with Crippen LogP contribution in [-0.2, 0) is 4.74 Å². The van der Waals surface area contributed by atoms with Gasteiger partial charge < -0.3 is 10.1 Å². The standard InChI is InChI=1S/C14H30N2O/c1-5-13-12-16(10-11-17-13)9-7-6-8-15-14(2,3)4/h13,15H,5-12H2,1-4H3. The number of rotatable bonds is 6. The largest absolute Gasteiger partial charge is 0.376 e. The molecule has 3 nitrogen and oxygen atoms in total. The Hall–Kier alpha value is -0.120. The van der Waals surface area contributed by atoms with E-state index in [1.54, 1.807) is 0 Å². The Bertz CT molecular complexity index is 201. The molecule has 0 aromatic rings. The number of nitrogens with one attached hydrogen (secondary N) is 1. The van der Waals surface area contributed by atoms with E-state index in [0.717, 1.165) is 32.7 Å². The summed E-state index contributed by atoms with van der Waals surface area (Å²) in [6.07, 6.45) is 4.17. The SMILES string of the molecule is CCC1CN(CCCCNC(C)(C)C)CCO1. The minimum Gasteiger partial charge on any atom is -0.376 e. The first kappa shape index (κ1) is 14.9. The van der Waals surface area contributed by atoms with Gasteiger partial charge in [-0.2, -0.15) is 0 Å². The summed E-state index contributed by atoms with van der Waals surface area (Å²) in [6, 6.07) is 0. The molecule has 1 aliphatic heterocycles. The molecular weight excluding hydrogens is 212 g/mol. The summed E-state index contributed by atoms with van der Waals surface area (Å²) in [5.74, 6) is 0. The molecule has 0 saturated carbocycles. The van der Waals surface area contributed by atoms with Crippen molar-refractivity contribution < 1.29 is 4.74 Å². The molecule has 1 heterocycles. The Labute approximate surface area is 107 Å². The second kappa shape index (κ2) is 7.34. The summed E-state index contributed by atoms with van der Waals surface area (Å²) >= 11 is 0. The molecule has 1 rings (SSSR count). The summed E-state index contributed by atoms with van der Waals surface area (Å²) in [5, 5.41) is 3.54. The maximum absolute atomic E-state index is 5.68. The first-order valence-corrected chi connectivity index (χ1v) is 7.10. The molecule has 0 aliphatic carbocycles. The van der Waals surface area contributed by atoms with Crippen LogP contribution in [0.2, 0.25) is 0 Å². The molecule has 1 unspecified atom stereocenters. The zero-order chi connectivity index (χ0) is 12.7. The van der Waals surface area contributed by atoms with E-state index in [1.165, 1.54) is 19.4 Å². The normalized spacial score (nSPS) is 22.9. The number of unbranched alkanes of at least 4 members (excludes halogenated alkanes) is 1. The molecule has 0 aromatic heterocycles. The van der Waals surface area contributed by atoms with E-state index in [1.807, 2.05) is 0 Å². The molecule has 0 aromatic carbocycles. The Morgan fingerprint density at radius 3 is 2.71 bits per heavy atom. The average Bonchev–Trinajstić information content (AvgIpc) is 2.27. The van der Waals surface area contributed by atoms with E-state index in [-0.39, 0.29) is 5.54 Å². The third-order valence-corrected chi connectivity index (χ3v) is 3.23. The van der Waals surface area contributed by atoms with E-state index in [4.69, 9.17) is 4.74 Å². The van der Waals surface area contributed by atoms with Crippen LogP contribution in [0.3, 0.4) is 0 Å². The second-order valence-electron chi connectivity index (χ2n) is 6.09. The quantitative estimate of drug-likeness (QED) is 0.723. The minimum atomic E-state index is 0.256. The first-order chi connectivity index (χ1) is 8.01. The molecule has 1 saturated heterocycles. The second-order valence-corrected chi connectivity index (χ2v) is 6.09. The Kier molecular flexibility index (Phi) is 6.45. The Balaban J connectivity index is 2.02. The van der Waals surface area contributed by atoms with E-state index in [9.17, 15) is 0 Å². The molecular formula is C14H30N2O. The third-order valence-electron chi connectivity index (χ3n) is 3.23. The van der Waals surface area contributed by atoms with Crippen molar-refractivity contribution in [1.82, 2.24) is 10.2 Å². The van der Waals surface area contributed by atoms with Crippen LogP contribution in [0.5, 0.6) is 0 Å². The van der Waals surface area contributed by atoms with Gasteiger partial charge in [-0.1, -0.05) is 6.92 Å². The van der Waals surface area contributed by atoms with Gasteiger partial charge in [0, 0.05) is 18.6 Å². The van der Waals surface area contributed by atoms with Crippen molar-refractivity contribution in [2.75, 3.05) is 32.8 Å². The number of ether oxygens (including phenoxy) is 1. The van der Waals surface area contributed by atoms with Crippen LogP contribution >= 0.6 is 0 Å². The fourth-order valence-corrected chi connectivity index (χ4v) is 2.15. The van der Waals surface area contributed by atoms with Crippen molar-refractivity contribution in [2.24, 2.45) is 0 Å². The monoisotopic (exact) mass is 242 g/mol. The van der Waals surface area contributed by atoms with Crippen molar-refractivity contribution >= 4 is 0 Å². The molecule has 0 bridgehead atoms. The maximum atomic E-state index is 5.68. The van der Waals surface area contributed by atoms with Crippen molar-refractivity contribution in [3.63, 3.8) is 0 Å². The van der Waals surface area contributed by atoms with E-state index < -0.39 is 0 Å². The minimum absolute atomic E-state index is 0.256. The molecule has 0 amide bonds. The van der Waals surface area contributed by atoms with Gasteiger partial charge in [0.15, 0.2) is 0 Å². The number of hydrogen-bond acceptors (Lipinski definition) is 3. The molecule has 0 spiro atoms. The Morgan fingerprint density at radius 2 is 2.06 bits per heavy atom. The molecule has 1 atom stereocenters. The zero-order valence-electron chi connectivity index (χ0n) is 12.1. The summed E-state index contributed by atoms with van der Waals surface area (Å²) in [4.78, 5) is 2.55. The smallest absolute Gasteiger partial charge is 0.0700 e. The predicted molar refractivity (Wildman–Crippen MR) is 73.5 cm³/mol. The van der Waals surface area contributed by atoms with Gasteiger partial charge in [0.25, 0.3) is 0 Å². The van der Waals surface area contributed by atoms with Crippen molar-refractivity contribution in [1.29, 1.82) is 0 Å². The summed E-state index contributed by atoms with van der Waals surface area (Å²) in [6.45, 7) is 14.4. The number of morpholine rings is 1. The highest BCUT2D eigenvalue weighted by atomic mass is 16.5. The van der Waals surface area contributed by atoms with Gasteiger partial charge in [0.05, 0.1) is 12.7 Å². The van der Waals surface area contributed by atoms with Crippen LogP contribution in [0.1, 0.15) is 47.0 Å². The van der Waals surface area contributed by atoms with Crippen molar-refractivity contribution in [2.45, 2.75) is 58.6 Å². The zero-order valence-corrected chi connectivity index (χ0v) is 12.1. The highest BCUT2D eigenvalue weighted by molar-refractivity contribution is 4.72. The number of hydrogen-bond donors (Lipinski definition) is 1. The average molecular weight is 242 g/mol. The summed E-state index contributed by atoms with van der Waals surface area (Å²) in [5.41, 5.74) is 0.256. The lowest BCUT2D eigenvalue weighted by atomic mass is 10.1. The molecule has 1 N–H and O–H groups in total. The van der Waals surface area contributed by atoms with Gasteiger partial charge in [-0.3, -0.25) is 4.90 Å². The maximum Gasteiger partial charge on any atom is 0.0700 e. The van der Waals surface area contributed by atoms with E-state index in [0.29, 0.717) is 6.10 Å². The van der Waals surface area contributed by atoms with Crippen LogP contribution in [0.25, 0.3) is 0 Å². The summed E-state index contributed by atoms with van der Waals surface area (Å²) in [7, 11) is 0. The molecule has 17 heavy (non-hydrogen) atoms. The van der Waals surface area contributed by atoms with Gasteiger partial charge >= 0.3 is 0 Å². The third kappa shape index (κ3) is 7.02. The van der Waals surface area contributed by atoms with Crippen LogP contribution in [0, 0.1) is 0 Å². The highest BCUT2D eigenvalue weighted by Gasteiger charge is 2.18. The van der Waals surface area contributed by atoms with Crippen LogP contribution in [0.4, 0.5) is 0 Å². The molecule has 0 radical (unpaired) electrons. The molecule has 102 valence electrons. The summed E-state index contributed by atoms with van der Waals surface area (Å²) < 4.78 is 5.68. The topological polar surface area (TPSA) is 24.5 Å². The van der Waals surface area contributed by atoms with Gasteiger partial charge in [-0.15, -0.1) is 0 Å². The van der Waals surface area contributed by atoms with Gasteiger partial charge in [0.2, 0.25) is 0 Å². The fraction of sp³-hybridized carbons (Fsp3) is 1.00. The van der Waals surface area contributed by atoms with Crippen molar-refractivity contribution in [3.8, 4) is 0 Å². The van der Waals surface area contributed by atoms with Crippen molar-refractivity contribution in [3.05, 3.63) is 0 Å². The fourth-order valence-electron chi connectivity index (χ4n) is 2.15. The molecule has 1 aliphatic rings. The van der Waals surface area contributed by atoms with E-state index >= 15 is 0 Å². The van der Waals surface area contributed by atoms with Crippen LogP contribution < -0.4 is 5.32 Å². The molecule has 1 fully saturated rings. The lowest BCUT2D eigenvalue weighted by molar-refractivity contribution is -0.0299. The van der Waals surface area contributed by atoms with Crippen LogP contribution in [0.15, 0.2) is 0 Å². The number of nitrogens with zero attached hydrogens (tertiary/aromatic N) is 1. The van der Waals surface area contributed by atoms with Gasteiger partial charge in [0.1, 0.15) is 0 Å². The van der Waals surface area contributed by atoms with Gasteiger partial charge in [-0.25, -0.2) is 0 Å². The lowest BCUT2D eigenvalue weighted by Crippen LogP contribution is -2.42. The highest BCUT2D eigenvalue weighted by Crippen LogP contribution is 2.09. The Morgan fingerprint density at radius 1 is 1.29 bits per heavy atom. The van der Waals surface area contributed by atoms with Gasteiger partial charge in [-0.05, 0) is 53.1 Å². The van der Waals surface area contributed by atoms with E-state index in [2.05, 4.69) is 37.9 Å². The predicted octanol–water partition coefficient (Wildman–Crippen LogP) is 2.27. The first-order valence-electron chi connectivity index (χ1n) is 7.10. The molecule has 3 heteroatoms.